The molecule has 32 heavy (non-hydrogen) atoms. The van der Waals surface area contributed by atoms with Crippen LogP contribution in [0.25, 0.3) is 0 Å². The molecule has 2 aromatic rings. The zero-order valence-electron chi connectivity index (χ0n) is 19.3. The lowest BCUT2D eigenvalue weighted by molar-refractivity contribution is 0.0939. The Balaban J connectivity index is 1.89. The Bertz CT molecular complexity index is 885. The quantitative estimate of drug-likeness (QED) is 0.492. The number of hydrogen-bond acceptors (Lipinski definition) is 5. The van der Waals surface area contributed by atoms with Gasteiger partial charge < -0.3 is 15.4 Å². The summed E-state index contributed by atoms with van der Waals surface area (Å²) >= 11 is 6.08. The van der Waals surface area contributed by atoms with E-state index in [4.69, 9.17) is 16.3 Å². The molecule has 1 aromatic heterocycles. The van der Waals surface area contributed by atoms with Gasteiger partial charge in [-0.15, -0.1) is 0 Å². The largest absolute Gasteiger partial charge is 0.492 e. The first kappa shape index (κ1) is 25.6. The molecule has 8 heteroatoms. The van der Waals surface area contributed by atoms with Crippen LogP contribution in [0.4, 0.5) is 0 Å². The second-order valence-electron chi connectivity index (χ2n) is 8.51. The van der Waals surface area contributed by atoms with Gasteiger partial charge in [-0.1, -0.05) is 39.3 Å². The van der Waals surface area contributed by atoms with Gasteiger partial charge in [-0.05, 0) is 42.9 Å². The molecule has 174 valence electrons. The lowest BCUT2D eigenvalue weighted by Crippen LogP contribution is -2.26. The molecular weight excluding hydrogens is 428 g/mol. The Labute approximate surface area is 195 Å². The standard InChI is InChI=1S/C24H33ClN4O3/c1-16(2)7-10-26-23(30)20-13-18(25)5-6-22(20)32-12-9-19-14-29-21(15-28-19)24(31)27-11-8-17(3)4/h5-6,13-17H,7-12H2,1-4H3,(H,26,30)(H,27,31). The maximum atomic E-state index is 12.5. The van der Waals surface area contributed by atoms with E-state index >= 15 is 0 Å². The zero-order valence-corrected chi connectivity index (χ0v) is 20.0. The second kappa shape index (κ2) is 13.0. The van der Waals surface area contributed by atoms with Crippen LogP contribution in [0.15, 0.2) is 30.6 Å². The lowest BCUT2D eigenvalue weighted by Gasteiger charge is -2.13. The van der Waals surface area contributed by atoms with Crippen molar-refractivity contribution in [1.82, 2.24) is 20.6 Å². The number of benzene rings is 1. The number of rotatable bonds is 12. The maximum Gasteiger partial charge on any atom is 0.271 e. The average molecular weight is 461 g/mol. The normalized spacial score (nSPS) is 11.0. The van der Waals surface area contributed by atoms with Gasteiger partial charge in [-0.25, -0.2) is 4.98 Å². The highest BCUT2D eigenvalue weighted by Crippen LogP contribution is 2.23. The molecule has 0 saturated heterocycles. The summed E-state index contributed by atoms with van der Waals surface area (Å²) in [5, 5.41) is 6.22. The molecule has 0 bridgehead atoms. The van der Waals surface area contributed by atoms with E-state index < -0.39 is 0 Å². The highest BCUT2D eigenvalue weighted by Gasteiger charge is 2.14. The van der Waals surface area contributed by atoms with Crippen LogP contribution >= 0.6 is 11.6 Å². The van der Waals surface area contributed by atoms with Crippen LogP contribution in [0.5, 0.6) is 5.75 Å². The average Bonchev–Trinajstić information content (AvgIpc) is 2.74. The molecule has 0 spiro atoms. The summed E-state index contributed by atoms with van der Waals surface area (Å²) in [6.07, 6.45) is 5.33. The maximum absolute atomic E-state index is 12.5. The number of aromatic nitrogens is 2. The first-order valence-electron chi connectivity index (χ1n) is 11.1. The highest BCUT2D eigenvalue weighted by molar-refractivity contribution is 6.31. The minimum atomic E-state index is -0.227. The van der Waals surface area contributed by atoms with Crippen molar-refractivity contribution < 1.29 is 14.3 Å². The van der Waals surface area contributed by atoms with Gasteiger partial charge in [0.25, 0.3) is 11.8 Å². The second-order valence-corrected chi connectivity index (χ2v) is 8.95. The number of ether oxygens (including phenoxy) is 1. The van der Waals surface area contributed by atoms with Gasteiger partial charge in [-0.3, -0.25) is 14.6 Å². The monoisotopic (exact) mass is 460 g/mol. The molecule has 2 amide bonds. The summed E-state index contributed by atoms with van der Waals surface area (Å²) in [7, 11) is 0. The molecule has 2 rings (SSSR count). The number of carbonyl (C=O) groups excluding carboxylic acids is 2. The van der Waals surface area contributed by atoms with Gasteiger partial charge in [0.1, 0.15) is 11.4 Å². The van der Waals surface area contributed by atoms with Crippen LogP contribution in [0.1, 0.15) is 67.1 Å². The van der Waals surface area contributed by atoms with E-state index in [1.54, 1.807) is 24.4 Å². The Hall–Kier alpha value is -2.67. The fourth-order valence-electron chi connectivity index (χ4n) is 2.81. The van der Waals surface area contributed by atoms with Crippen molar-refractivity contribution in [3.8, 4) is 5.75 Å². The van der Waals surface area contributed by atoms with E-state index in [-0.39, 0.29) is 17.5 Å². The van der Waals surface area contributed by atoms with Crippen LogP contribution in [0.2, 0.25) is 5.02 Å². The molecule has 0 fully saturated rings. The Morgan fingerprint density at radius 2 is 1.62 bits per heavy atom. The van der Waals surface area contributed by atoms with Crippen molar-refractivity contribution in [1.29, 1.82) is 0 Å². The molecule has 0 aliphatic carbocycles. The van der Waals surface area contributed by atoms with Crippen LogP contribution in [0.3, 0.4) is 0 Å². The third kappa shape index (κ3) is 8.83. The first-order chi connectivity index (χ1) is 15.3. The summed E-state index contributed by atoms with van der Waals surface area (Å²) in [5.41, 5.74) is 1.39. The van der Waals surface area contributed by atoms with Crippen LogP contribution in [-0.2, 0) is 6.42 Å². The SMILES string of the molecule is CC(C)CCNC(=O)c1cnc(CCOc2ccc(Cl)cc2C(=O)NCCC(C)C)cn1. The van der Waals surface area contributed by atoms with Crippen LogP contribution < -0.4 is 15.4 Å². The zero-order chi connectivity index (χ0) is 23.5. The molecule has 7 nitrogen and oxygen atoms in total. The summed E-state index contributed by atoms with van der Waals surface area (Å²) in [6, 6.07) is 4.98. The number of halogens is 1. The van der Waals surface area contributed by atoms with Gasteiger partial charge in [0.15, 0.2) is 0 Å². The van der Waals surface area contributed by atoms with E-state index in [9.17, 15) is 9.59 Å². The summed E-state index contributed by atoms with van der Waals surface area (Å²) in [6.45, 7) is 9.94. The molecule has 0 aliphatic heterocycles. The number of amides is 2. The smallest absolute Gasteiger partial charge is 0.271 e. The van der Waals surface area contributed by atoms with Gasteiger partial charge >= 0.3 is 0 Å². The predicted molar refractivity (Wildman–Crippen MR) is 126 cm³/mol. The third-order valence-electron chi connectivity index (χ3n) is 4.75. The molecule has 0 aliphatic rings. The van der Waals surface area contributed by atoms with Gasteiger partial charge in [0.05, 0.1) is 24.1 Å². The van der Waals surface area contributed by atoms with Crippen molar-refractivity contribution in [2.45, 2.75) is 47.0 Å². The van der Waals surface area contributed by atoms with Crippen LogP contribution in [-0.4, -0.2) is 41.5 Å². The molecule has 0 unspecified atom stereocenters. The van der Waals surface area contributed by atoms with E-state index in [2.05, 4.69) is 48.3 Å². The Morgan fingerprint density at radius 1 is 0.969 bits per heavy atom. The minimum absolute atomic E-state index is 0.212. The summed E-state index contributed by atoms with van der Waals surface area (Å²) < 4.78 is 5.83. The van der Waals surface area contributed by atoms with Gasteiger partial charge in [-0.2, -0.15) is 0 Å². The van der Waals surface area contributed by atoms with Gasteiger partial charge in [0, 0.05) is 30.7 Å². The van der Waals surface area contributed by atoms with Crippen molar-refractivity contribution in [2.24, 2.45) is 11.8 Å². The molecule has 2 N–H and O–H groups in total. The van der Waals surface area contributed by atoms with E-state index in [0.717, 1.165) is 12.8 Å². The molecule has 1 aromatic carbocycles. The highest BCUT2D eigenvalue weighted by atomic mass is 35.5. The van der Waals surface area contributed by atoms with Crippen molar-refractivity contribution >= 4 is 23.4 Å². The third-order valence-corrected chi connectivity index (χ3v) is 4.99. The Morgan fingerprint density at radius 3 is 2.22 bits per heavy atom. The van der Waals surface area contributed by atoms with E-state index in [1.165, 1.54) is 6.20 Å². The van der Waals surface area contributed by atoms with Crippen molar-refractivity contribution in [3.63, 3.8) is 0 Å². The minimum Gasteiger partial charge on any atom is -0.492 e. The fourth-order valence-corrected chi connectivity index (χ4v) is 2.98. The summed E-state index contributed by atoms with van der Waals surface area (Å²) in [5.74, 6) is 1.05. The number of hydrogen-bond donors (Lipinski definition) is 2. The lowest BCUT2D eigenvalue weighted by atomic mass is 10.1. The number of nitrogens with zero attached hydrogens (tertiary/aromatic N) is 2. The molecule has 0 atom stereocenters. The molecular formula is C24H33ClN4O3. The van der Waals surface area contributed by atoms with Gasteiger partial charge in [0.2, 0.25) is 0 Å². The summed E-state index contributed by atoms with van der Waals surface area (Å²) in [4.78, 5) is 33.1. The van der Waals surface area contributed by atoms with Crippen molar-refractivity contribution in [2.75, 3.05) is 19.7 Å². The molecule has 0 saturated carbocycles. The van der Waals surface area contributed by atoms with Crippen molar-refractivity contribution in [3.05, 3.63) is 52.6 Å². The number of carbonyl (C=O) groups is 2. The van der Waals surface area contributed by atoms with E-state index in [0.29, 0.717) is 60.0 Å². The molecule has 0 radical (unpaired) electrons. The molecule has 1 heterocycles. The number of nitrogens with one attached hydrogen (secondary N) is 2. The fraction of sp³-hybridized carbons (Fsp3) is 0.500. The first-order valence-corrected chi connectivity index (χ1v) is 11.4. The topological polar surface area (TPSA) is 93.2 Å². The van der Waals surface area contributed by atoms with Crippen LogP contribution in [0, 0.1) is 11.8 Å². The Kier molecular flexibility index (Phi) is 10.4. The predicted octanol–water partition coefficient (Wildman–Crippen LogP) is 4.30. The van der Waals surface area contributed by atoms with E-state index in [1.807, 2.05) is 0 Å².